The van der Waals surface area contributed by atoms with Crippen molar-refractivity contribution in [2.24, 2.45) is 0 Å². The zero-order valence-electron chi connectivity index (χ0n) is 6.89. The largest absolute Gasteiger partial charge is 0.478 e. The summed E-state index contributed by atoms with van der Waals surface area (Å²) in [7, 11) is 0. The summed E-state index contributed by atoms with van der Waals surface area (Å²) in [5, 5.41) is 8.78. The molecule has 0 aromatic heterocycles. The average Bonchev–Trinajstić information content (AvgIpc) is 2.00. The van der Waals surface area contributed by atoms with Gasteiger partial charge in [0.05, 0.1) is 5.56 Å². The average molecular weight is 276 g/mol. The third kappa shape index (κ3) is 1.60. The van der Waals surface area contributed by atoms with Crippen LogP contribution in [0.4, 0.5) is 0 Å². The van der Waals surface area contributed by atoms with E-state index >= 15 is 0 Å². The SMILES string of the molecule is Cc1c(I)ccc(C(=O)O)c1C. The van der Waals surface area contributed by atoms with Gasteiger partial charge in [-0.25, -0.2) is 4.79 Å². The highest BCUT2D eigenvalue weighted by Gasteiger charge is 2.09. The second-order valence-corrected chi connectivity index (χ2v) is 3.81. The van der Waals surface area contributed by atoms with Gasteiger partial charge in [-0.3, -0.25) is 0 Å². The van der Waals surface area contributed by atoms with Gasteiger partial charge in [0.1, 0.15) is 0 Å². The minimum absolute atomic E-state index is 0.396. The molecule has 0 heterocycles. The second-order valence-electron chi connectivity index (χ2n) is 2.65. The fourth-order valence-electron chi connectivity index (χ4n) is 1.02. The molecule has 0 atom stereocenters. The van der Waals surface area contributed by atoms with Crippen LogP contribution in [0.2, 0.25) is 0 Å². The lowest BCUT2D eigenvalue weighted by Crippen LogP contribution is -2.01. The number of carbonyl (C=O) groups is 1. The van der Waals surface area contributed by atoms with Gasteiger partial charge in [-0.2, -0.15) is 0 Å². The highest BCUT2D eigenvalue weighted by Crippen LogP contribution is 2.18. The molecule has 0 aliphatic carbocycles. The molecule has 0 aliphatic rings. The summed E-state index contributed by atoms with van der Waals surface area (Å²) in [4.78, 5) is 10.7. The summed E-state index contributed by atoms with van der Waals surface area (Å²) >= 11 is 2.20. The molecule has 0 spiro atoms. The van der Waals surface area contributed by atoms with Crippen molar-refractivity contribution in [1.82, 2.24) is 0 Å². The Kier molecular flexibility index (Phi) is 2.72. The smallest absolute Gasteiger partial charge is 0.335 e. The van der Waals surface area contributed by atoms with E-state index in [9.17, 15) is 4.79 Å². The third-order valence-electron chi connectivity index (χ3n) is 1.95. The maximum atomic E-state index is 10.7. The summed E-state index contributed by atoms with van der Waals surface area (Å²) < 4.78 is 1.11. The molecule has 0 bridgehead atoms. The van der Waals surface area contributed by atoms with E-state index in [1.165, 1.54) is 0 Å². The Balaban J connectivity index is 3.36. The fourth-order valence-corrected chi connectivity index (χ4v) is 1.60. The van der Waals surface area contributed by atoms with Gasteiger partial charge < -0.3 is 5.11 Å². The minimum Gasteiger partial charge on any atom is -0.478 e. The number of halogens is 1. The van der Waals surface area contributed by atoms with Crippen molar-refractivity contribution >= 4 is 28.6 Å². The first-order valence-corrected chi connectivity index (χ1v) is 4.61. The molecule has 2 nitrogen and oxygen atoms in total. The van der Waals surface area contributed by atoms with Gasteiger partial charge in [0, 0.05) is 3.57 Å². The first-order chi connectivity index (χ1) is 5.54. The Bertz CT molecular complexity index is 332. The maximum Gasteiger partial charge on any atom is 0.335 e. The van der Waals surface area contributed by atoms with Crippen molar-refractivity contribution in [3.63, 3.8) is 0 Å². The molecule has 1 aromatic carbocycles. The van der Waals surface area contributed by atoms with Crippen LogP contribution in [0, 0.1) is 17.4 Å². The molecule has 0 saturated heterocycles. The van der Waals surface area contributed by atoms with Crippen LogP contribution in [-0.4, -0.2) is 11.1 Å². The monoisotopic (exact) mass is 276 g/mol. The Morgan fingerprint density at radius 1 is 1.33 bits per heavy atom. The summed E-state index contributed by atoms with van der Waals surface area (Å²) in [6.07, 6.45) is 0. The number of rotatable bonds is 1. The molecule has 3 heteroatoms. The number of benzene rings is 1. The van der Waals surface area contributed by atoms with Crippen LogP contribution in [-0.2, 0) is 0 Å². The molecule has 0 aliphatic heterocycles. The van der Waals surface area contributed by atoms with Crippen molar-refractivity contribution in [1.29, 1.82) is 0 Å². The van der Waals surface area contributed by atoms with Crippen LogP contribution in [0.1, 0.15) is 21.5 Å². The zero-order chi connectivity index (χ0) is 9.30. The summed E-state index contributed by atoms with van der Waals surface area (Å²) in [5.74, 6) is -0.855. The predicted octanol–water partition coefficient (Wildman–Crippen LogP) is 2.61. The standard InChI is InChI=1S/C9H9IO2/c1-5-6(2)8(10)4-3-7(5)9(11)12/h3-4H,1-2H3,(H,11,12). The van der Waals surface area contributed by atoms with Crippen molar-refractivity contribution < 1.29 is 9.90 Å². The normalized spacial score (nSPS) is 9.92. The van der Waals surface area contributed by atoms with Crippen LogP contribution in [0.3, 0.4) is 0 Å². The van der Waals surface area contributed by atoms with Crippen LogP contribution < -0.4 is 0 Å². The lowest BCUT2D eigenvalue weighted by atomic mass is 10.0. The van der Waals surface area contributed by atoms with Gasteiger partial charge in [-0.15, -0.1) is 0 Å². The molecule has 64 valence electrons. The molecule has 0 saturated carbocycles. The summed E-state index contributed by atoms with van der Waals surface area (Å²) in [6.45, 7) is 3.77. The molecule has 1 aromatic rings. The Morgan fingerprint density at radius 2 is 1.92 bits per heavy atom. The topological polar surface area (TPSA) is 37.3 Å². The Hall–Kier alpha value is -0.580. The quantitative estimate of drug-likeness (QED) is 0.800. The number of hydrogen-bond acceptors (Lipinski definition) is 1. The maximum absolute atomic E-state index is 10.7. The van der Waals surface area contributed by atoms with Crippen LogP contribution in [0.5, 0.6) is 0 Å². The van der Waals surface area contributed by atoms with Crippen molar-refractivity contribution in [3.8, 4) is 0 Å². The fraction of sp³-hybridized carbons (Fsp3) is 0.222. The zero-order valence-corrected chi connectivity index (χ0v) is 9.05. The second kappa shape index (κ2) is 3.43. The van der Waals surface area contributed by atoms with Gasteiger partial charge in [0.25, 0.3) is 0 Å². The van der Waals surface area contributed by atoms with E-state index in [4.69, 9.17) is 5.11 Å². The van der Waals surface area contributed by atoms with Gasteiger partial charge in [-0.1, -0.05) is 0 Å². The predicted molar refractivity (Wildman–Crippen MR) is 55.6 cm³/mol. The minimum atomic E-state index is -0.855. The molecule has 1 rings (SSSR count). The molecule has 1 N–H and O–H groups in total. The van der Waals surface area contributed by atoms with Gasteiger partial charge in [0.2, 0.25) is 0 Å². The molecule has 0 fully saturated rings. The molecular weight excluding hydrogens is 267 g/mol. The van der Waals surface area contributed by atoms with Crippen LogP contribution in [0.15, 0.2) is 12.1 Å². The summed E-state index contributed by atoms with van der Waals surface area (Å²) in [6, 6.07) is 3.47. The van der Waals surface area contributed by atoms with E-state index < -0.39 is 5.97 Å². The molecular formula is C9H9IO2. The first kappa shape index (κ1) is 9.51. The lowest BCUT2D eigenvalue weighted by molar-refractivity contribution is 0.0696. The van der Waals surface area contributed by atoms with E-state index in [-0.39, 0.29) is 0 Å². The van der Waals surface area contributed by atoms with Crippen LogP contribution in [0.25, 0.3) is 0 Å². The number of carboxylic acid groups (broad SMARTS) is 1. The Morgan fingerprint density at radius 3 is 2.42 bits per heavy atom. The molecule has 12 heavy (non-hydrogen) atoms. The van der Waals surface area contributed by atoms with Gasteiger partial charge in [0.15, 0.2) is 0 Å². The van der Waals surface area contributed by atoms with Gasteiger partial charge in [-0.05, 0) is 59.7 Å². The number of aromatic carboxylic acids is 1. The van der Waals surface area contributed by atoms with E-state index in [1.807, 2.05) is 19.9 Å². The molecule has 0 amide bonds. The van der Waals surface area contributed by atoms with E-state index in [0.29, 0.717) is 5.56 Å². The summed E-state index contributed by atoms with van der Waals surface area (Å²) in [5.41, 5.74) is 2.30. The van der Waals surface area contributed by atoms with Gasteiger partial charge >= 0.3 is 5.97 Å². The number of carboxylic acids is 1. The lowest BCUT2D eigenvalue weighted by Gasteiger charge is -2.05. The highest BCUT2D eigenvalue weighted by molar-refractivity contribution is 14.1. The highest BCUT2D eigenvalue weighted by atomic mass is 127. The Labute approximate surface area is 84.7 Å². The molecule has 0 radical (unpaired) electrons. The van der Waals surface area contributed by atoms with Crippen molar-refractivity contribution in [2.75, 3.05) is 0 Å². The van der Waals surface area contributed by atoms with Crippen molar-refractivity contribution in [3.05, 3.63) is 32.4 Å². The van der Waals surface area contributed by atoms with Crippen molar-refractivity contribution in [2.45, 2.75) is 13.8 Å². The third-order valence-corrected chi connectivity index (χ3v) is 3.12. The molecule has 0 unspecified atom stereocenters. The van der Waals surface area contributed by atoms with E-state index in [1.54, 1.807) is 6.07 Å². The van der Waals surface area contributed by atoms with Crippen LogP contribution >= 0.6 is 22.6 Å². The number of hydrogen-bond donors (Lipinski definition) is 1. The van der Waals surface area contributed by atoms with E-state index in [2.05, 4.69) is 22.6 Å². The first-order valence-electron chi connectivity index (χ1n) is 3.53. The van der Waals surface area contributed by atoms with E-state index in [0.717, 1.165) is 14.7 Å².